The summed E-state index contributed by atoms with van der Waals surface area (Å²) in [6.45, 7) is 0. The molecule has 7 nitrogen and oxygen atoms in total. The normalized spacial score (nSPS) is 12.1. The molecule has 144 valence electrons. The smallest absolute Gasteiger partial charge is 0.365 e. The molecule has 3 aromatic rings. The van der Waals surface area contributed by atoms with Crippen LogP contribution in [0.25, 0.3) is 17.3 Å². The van der Waals surface area contributed by atoms with E-state index in [2.05, 4.69) is 14.9 Å². The molecule has 1 atom stereocenters. The minimum absolute atomic E-state index is 0.235. The number of hydrogen-bond donors (Lipinski definition) is 2. The van der Waals surface area contributed by atoms with Gasteiger partial charge in [-0.1, -0.05) is 0 Å². The standard InChI is InChI=1S/C19H17FN3O4P/c1-23-19(13-2-5-15(20)6-3-13)14(12-21-23)4-11-18(24)22-16-7-9-17(10-8-16)27-28(25)26/h2-12,28H,1H3,(H,22,24)(H,25,26)/b11-4+. The lowest BCUT2D eigenvalue weighted by Gasteiger charge is -2.05. The van der Waals surface area contributed by atoms with Crippen LogP contribution in [0, 0.1) is 5.82 Å². The average Bonchev–Trinajstić information content (AvgIpc) is 3.02. The van der Waals surface area contributed by atoms with E-state index in [0.29, 0.717) is 11.3 Å². The summed E-state index contributed by atoms with van der Waals surface area (Å²) in [5, 5.41) is 6.87. The molecular formula is C19H17FN3O4P. The van der Waals surface area contributed by atoms with Gasteiger partial charge in [-0.25, -0.2) is 8.96 Å². The molecule has 2 aromatic carbocycles. The molecule has 0 saturated heterocycles. The van der Waals surface area contributed by atoms with Gasteiger partial charge in [-0.05, 0) is 54.6 Å². The molecule has 0 bridgehead atoms. The molecule has 0 radical (unpaired) electrons. The molecule has 0 aliphatic heterocycles. The van der Waals surface area contributed by atoms with Crippen molar-refractivity contribution in [3.05, 3.63) is 72.2 Å². The largest absolute Gasteiger partial charge is 0.426 e. The topological polar surface area (TPSA) is 93.5 Å². The molecule has 0 aliphatic rings. The number of carbonyl (C=O) groups excluding carboxylic acids is 1. The van der Waals surface area contributed by atoms with Crippen LogP contribution in [-0.4, -0.2) is 20.6 Å². The number of halogens is 1. The quantitative estimate of drug-likeness (QED) is 0.486. The van der Waals surface area contributed by atoms with E-state index in [0.717, 1.165) is 11.3 Å². The van der Waals surface area contributed by atoms with Gasteiger partial charge in [-0.2, -0.15) is 5.10 Å². The zero-order valence-corrected chi connectivity index (χ0v) is 15.8. The number of amides is 1. The summed E-state index contributed by atoms with van der Waals surface area (Å²) in [6, 6.07) is 12.1. The molecule has 1 unspecified atom stereocenters. The second kappa shape index (κ2) is 8.65. The number of nitrogens with zero attached hydrogens (tertiary/aromatic N) is 2. The molecule has 0 spiro atoms. The number of aryl methyl sites for hydroxylation is 1. The van der Waals surface area contributed by atoms with Crippen LogP contribution in [-0.2, 0) is 16.4 Å². The summed E-state index contributed by atoms with van der Waals surface area (Å²) < 4.78 is 30.1. The number of nitrogens with one attached hydrogen (secondary N) is 1. The maximum absolute atomic E-state index is 13.2. The summed E-state index contributed by atoms with van der Waals surface area (Å²) >= 11 is 0. The fourth-order valence-electron chi connectivity index (χ4n) is 2.59. The lowest BCUT2D eigenvalue weighted by molar-refractivity contribution is -0.111. The summed E-state index contributed by atoms with van der Waals surface area (Å²) in [5.74, 6) is -0.456. The Morgan fingerprint density at radius 3 is 2.54 bits per heavy atom. The number of hydrogen-bond acceptors (Lipinski definition) is 4. The van der Waals surface area contributed by atoms with Crippen molar-refractivity contribution in [2.75, 3.05) is 5.32 Å². The maximum atomic E-state index is 13.2. The summed E-state index contributed by atoms with van der Waals surface area (Å²) in [5.41, 5.74) is 2.75. The summed E-state index contributed by atoms with van der Waals surface area (Å²) in [4.78, 5) is 20.9. The highest BCUT2D eigenvalue weighted by Gasteiger charge is 2.09. The van der Waals surface area contributed by atoms with Gasteiger partial charge in [0.25, 0.3) is 0 Å². The van der Waals surface area contributed by atoms with Crippen molar-refractivity contribution >= 4 is 25.9 Å². The van der Waals surface area contributed by atoms with E-state index in [1.807, 2.05) is 0 Å². The van der Waals surface area contributed by atoms with Gasteiger partial charge in [0.15, 0.2) is 0 Å². The first-order valence-corrected chi connectivity index (χ1v) is 9.46. The molecule has 2 N–H and O–H groups in total. The predicted molar refractivity (Wildman–Crippen MR) is 105 cm³/mol. The second-order valence-electron chi connectivity index (χ2n) is 5.79. The zero-order valence-electron chi connectivity index (χ0n) is 14.8. The fraction of sp³-hybridized carbons (Fsp3) is 0.0526. The van der Waals surface area contributed by atoms with Gasteiger partial charge in [-0.3, -0.25) is 9.48 Å². The average molecular weight is 401 g/mol. The van der Waals surface area contributed by atoms with Crippen LogP contribution in [0.15, 0.2) is 60.8 Å². The summed E-state index contributed by atoms with van der Waals surface area (Å²) in [7, 11) is -1.30. The lowest BCUT2D eigenvalue weighted by Crippen LogP contribution is -2.07. The third-order valence-electron chi connectivity index (χ3n) is 3.83. The van der Waals surface area contributed by atoms with Crippen molar-refractivity contribution in [1.29, 1.82) is 0 Å². The zero-order chi connectivity index (χ0) is 20.1. The van der Waals surface area contributed by atoms with Crippen molar-refractivity contribution in [2.45, 2.75) is 0 Å². The van der Waals surface area contributed by atoms with Crippen molar-refractivity contribution in [3.63, 3.8) is 0 Å². The minimum atomic E-state index is -3.07. The Morgan fingerprint density at radius 2 is 1.89 bits per heavy atom. The van der Waals surface area contributed by atoms with Crippen LogP contribution in [0.4, 0.5) is 10.1 Å². The SMILES string of the molecule is Cn1ncc(/C=C/C(=O)Nc2ccc(O[PH](=O)O)cc2)c1-c1ccc(F)cc1. The molecule has 0 saturated carbocycles. The van der Waals surface area contributed by atoms with Crippen molar-refractivity contribution in [1.82, 2.24) is 9.78 Å². The van der Waals surface area contributed by atoms with E-state index in [9.17, 15) is 13.8 Å². The van der Waals surface area contributed by atoms with Gasteiger partial charge in [0.05, 0.1) is 11.9 Å². The van der Waals surface area contributed by atoms with E-state index in [4.69, 9.17) is 4.89 Å². The third-order valence-corrected chi connectivity index (χ3v) is 4.24. The number of carbonyl (C=O) groups is 1. The predicted octanol–water partition coefficient (Wildman–Crippen LogP) is 3.64. The molecule has 0 fully saturated rings. The van der Waals surface area contributed by atoms with Crippen LogP contribution in [0.1, 0.15) is 5.56 Å². The van der Waals surface area contributed by atoms with Crippen LogP contribution >= 0.6 is 8.25 Å². The Hall–Kier alpha value is -3.22. The van der Waals surface area contributed by atoms with Gasteiger partial charge in [-0.15, -0.1) is 0 Å². The molecule has 1 heterocycles. The fourth-order valence-corrected chi connectivity index (χ4v) is 2.93. The van der Waals surface area contributed by atoms with Gasteiger partial charge in [0.1, 0.15) is 11.6 Å². The van der Waals surface area contributed by atoms with Gasteiger partial charge in [0.2, 0.25) is 5.91 Å². The van der Waals surface area contributed by atoms with E-state index in [-0.39, 0.29) is 17.5 Å². The maximum Gasteiger partial charge on any atom is 0.365 e. The van der Waals surface area contributed by atoms with Crippen molar-refractivity contribution in [3.8, 4) is 17.0 Å². The molecule has 0 aliphatic carbocycles. The van der Waals surface area contributed by atoms with E-state index in [1.54, 1.807) is 48.3 Å². The molecule has 1 amide bonds. The molecule has 1 aromatic heterocycles. The summed E-state index contributed by atoms with van der Waals surface area (Å²) in [6.07, 6.45) is 4.60. The van der Waals surface area contributed by atoms with Crippen molar-refractivity contribution in [2.24, 2.45) is 7.05 Å². The van der Waals surface area contributed by atoms with Gasteiger partial charge >= 0.3 is 8.25 Å². The Kier molecular flexibility index (Phi) is 6.03. The number of benzene rings is 2. The molecule has 9 heteroatoms. The first kappa shape index (κ1) is 19.5. The third kappa shape index (κ3) is 4.94. The molecular weight excluding hydrogens is 384 g/mol. The lowest BCUT2D eigenvalue weighted by atomic mass is 10.1. The minimum Gasteiger partial charge on any atom is -0.426 e. The first-order chi connectivity index (χ1) is 13.4. The highest BCUT2D eigenvalue weighted by Crippen LogP contribution is 2.25. The number of anilines is 1. The van der Waals surface area contributed by atoms with E-state index in [1.165, 1.54) is 30.3 Å². The highest BCUT2D eigenvalue weighted by atomic mass is 31.1. The monoisotopic (exact) mass is 401 g/mol. The number of aromatic nitrogens is 2. The van der Waals surface area contributed by atoms with E-state index >= 15 is 0 Å². The highest BCUT2D eigenvalue weighted by molar-refractivity contribution is 7.32. The van der Waals surface area contributed by atoms with Crippen LogP contribution in [0.2, 0.25) is 0 Å². The van der Waals surface area contributed by atoms with Crippen molar-refractivity contribution < 1.29 is 23.2 Å². The first-order valence-electron chi connectivity index (χ1n) is 8.20. The second-order valence-corrected chi connectivity index (χ2v) is 6.53. The molecule has 28 heavy (non-hydrogen) atoms. The Labute approximate surface area is 161 Å². The van der Waals surface area contributed by atoms with E-state index < -0.39 is 8.25 Å². The van der Waals surface area contributed by atoms with Crippen LogP contribution in [0.3, 0.4) is 0 Å². The van der Waals surface area contributed by atoms with Crippen LogP contribution in [0.5, 0.6) is 5.75 Å². The Bertz CT molecular complexity index is 1030. The van der Waals surface area contributed by atoms with Crippen LogP contribution < -0.4 is 9.84 Å². The Morgan fingerprint density at radius 1 is 1.21 bits per heavy atom. The number of rotatable bonds is 6. The Balaban J connectivity index is 1.71. The van der Waals surface area contributed by atoms with Gasteiger partial charge in [0, 0.05) is 29.9 Å². The van der Waals surface area contributed by atoms with Gasteiger partial charge < -0.3 is 14.7 Å². The molecule has 3 rings (SSSR count).